The first kappa shape index (κ1) is 13.8. The number of esters is 1. The minimum Gasteiger partial charge on any atom is -0.465 e. The molecule has 0 aromatic heterocycles. The normalized spacial score (nSPS) is 14.9. The summed E-state index contributed by atoms with van der Waals surface area (Å²) in [5.41, 5.74) is 5.45. The molecule has 0 aliphatic carbocycles. The SMILES string of the molecule is CCOC(=O)C(CC)SC(C)CCN. The monoisotopic (exact) mass is 219 g/mol. The molecule has 0 rings (SSSR count). The summed E-state index contributed by atoms with van der Waals surface area (Å²) in [6.07, 6.45) is 1.76. The lowest BCUT2D eigenvalue weighted by molar-refractivity contribution is -0.142. The van der Waals surface area contributed by atoms with Gasteiger partial charge in [0.2, 0.25) is 0 Å². The lowest BCUT2D eigenvalue weighted by Crippen LogP contribution is -2.22. The summed E-state index contributed by atoms with van der Waals surface area (Å²) in [6.45, 7) is 7.07. The van der Waals surface area contributed by atoms with E-state index in [0.29, 0.717) is 18.4 Å². The average Bonchev–Trinajstić information content (AvgIpc) is 2.15. The third-order valence-corrected chi connectivity index (χ3v) is 3.44. The van der Waals surface area contributed by atoms with Crippen molar-refractivity contribution in [2.24, 2.45) is 5.73 Å². The van der Waals surface area contributed by atoms with E-state index in [0.717, 1.165) is 12.8 Å². The first-order valence-electron chi connectivity index (χ1n) is 5.17. The number of hydrogen-bond acceptors (Lipinski definition) is 4. The van der Waals surface area contributed by atoms with E-state index in [1.807, 2.05) is 13.8 Å². The summed E-state index contributed by atoms with van der Waals surface area (Å²) in [6, 6.07) is 0. The van der Waals surface area contributed by atoms with Crippen molar-refractivity contribution < 1.29 is 9.53 Å². The highest BCUT2D eigenvalue weighted by Gasteiger charge is 2.20. The van der Waals surface area contributed by atoms with Crippen LogP contribution in [0.25, 0.3) is 0 Å². The van der Waals surface area contributed by atoms with Crippen molar-refractivity contribution in [2.75, 3.05) is 13.2 Å². The molecule has 4 heteroatoms. The van der Waals surface area contributed by atoms with Crippen LogP contribution in [-0.2, 0) is 9.53 Å². The minimum absolute atomic E-state index is 0.0310. The maximum absolute atomic E-state index is 11.4. The van der Waals surface area contributed by atoms with Gasteiger partial charge >= 0.3 is 5.97 Å². The van der Waals surface area contributed by atoms with Gasteiger partial charge < -0.3 is 10.5 Å². The van der Waals surface area contributed by atoms with Crippen molar-refractivity contribution in [3.63, 3.8) is 0 Å². The first-order valence-corrected chi connectivity index (χ1v) is 6.12. The third-order valence-electron chi connectivity index (χ3n) is 1.89. The molecule has 84 valence electrons. The van der Waals surface area contributed by atoms with Crippen LogP contribution in [-0.4, -0.2) is 29.6 Å². The number of carbonyl (C=O) groups is 1. The Bertz CT molecular complexity index is 164. The van der Waals surface area contributed by atoms with Gasteiger partial charge in [-0.1, -0.05) is 13.8 Å². The van der Waals surface area contributed by atoms with Gasteiger partial charge in [0.15, 0.2) is 0 Å². The molecule has 3 nitrogen and oxygen atoms in total. The third kappa shape index (κ3) is 5.50. The fourth-order valence-corrected chi connectivity index (χ4v) is 2.34. The Morgan fingerprint density at radius 2 is 2.14 bits per heavy atom. The van der Waals surface area contributed by atoms with Gasteiger partial charge in [0.25, 0.3) is 0 Å². The maximum atomic E-state index is 11.4. The fourth-order valence-electron chi connectivity index (χ4n) is 1.14. The predicted octanol–water partition coefficient (Wildman–Crippen LogP) is 1.80. The zero-order valence-corrected chi connectivity index (χ0v) is 10.1. The van der Waals surface area contributed by atoms with Crippen molar-refractivity contribution >= 4 is 17.7 Å². The Labute approximate surface area is 90.8 Å². The maximum Gasteiger partial charge on any atom is 0.319 e. The van der Waals surface area contributed by atoms with Crippen molar-refractivity contribution in [2.45, 2.75) is 44.1 Å². The Morgan fingerprint density at radius 1 is 1.50 bits per heavy atom. The van der Waals surface area contributed by atoms with Crippen molar-refractivity contribution in [3.05, 3.63) is 0 Å². The highest BCUT2D eigenvalue weighted by Crippen LogP contribution is 2.23. The minimum atomic E-state index is -0.0936. The van der Waals surface area contributed by atoms with Gasteiger partial charge in [0.05, 0.1) is 6.61 Å². The van der Waals surface area contributed by atoms with Gasteiger partial charge in [-0.05, 0) is 26.3 Å². The van der Waals surface area contributed by atoms with E-state index < -0.39 is 0 Å². The summed E-state index contributed by atoms with van der Waals surface area (Å²) in [7, 11) is 0. The topological polar surface area (TPSA) is 52.3 Å². The molecule has 14 heavy (non-hydrogen) atoms. The van der Waals surface area contributed by atoms with Crippen LogP contribution in [0.1, 0.15) is 33.6 Å². The number of carbonyl (C=O) groups excluding carboxylic acids is 1. The summed E-state index contributed by atoms with van der Waals surface area (Å²) in [5, 5.41) is 0.394. The molecule has 0 amide bonds. The zero-order chi connectivity index (χ0) is 11.0. The Kier molecular flexibility index (Phi) is 7.99. The van der Waals surface area contributed by atoms with Crippen LogP contribution in [0.3, 0.4) is 0 Å². The highest BCUT2D eigenvalue weighted by molar-refractivity contribution is 8.01. The summed E-state index contributed by atoms with van der Waals surface area (Å²) in [5.74, 6) is -0.0936. The van der Waals surface area contributed by atoms with Crippen LogP contribution in [0.5, 0.6) is 0 Å². The molecule has 0 aromatic rings. The molecule has 0 saturated carbocycles. The molecule has 0 aliphatic heterocycles. The molecular weight excluding hydrogens is 198 g/mol. The molecule has 2 N–H and O–H groups in total. The smallest absolute Gasteiger partial charge is 0.319 e. The number of nitrogens with two attached hydrogens (primary N) is 1. The second-order valence-electron chi connectivity index (χ2n) is 3.17. The van der Waals surface area contributed by atoms with Crippen LogP contribution < -0.4 is 5.73 Å². The molecule has 0 heterocycles. The van der Waals surface area contributed by atoms with Crippen LogP contribution in [0.2, 0.25) is 0 Å². The fraction of sp³-hybridized carbons (Fsp3) is 0.900. The molecule has 0 fully saturated rings. The predicted molar refractivity (Wildman–Crippen MR) is 61.4 cm³/mol. The van der Waals surface area contributed by atoms with Gasteiger partial charge in [0, 0.05) is 5.25 Å². The number of hydrogen-bond donors (Lipinski definition) is 1. The van der Waals surface area contributed by atoms with Gasteiger partial charge in [-0.15, -0.1) is 11.8 Å². The molecular formula is C10H21NO2S. The first-order chi connectivity index (χ1) is 6.65. The number of ether oxygens (including phenoxy) is 1. The molecule has 2 atom stereocenters. The molecule has 2 unspecified atom stereocenters. The number of rotatable bonds is 7. The lowest BCUT2D eigenvalue weighted by atomic mass is 10.3. The molecule has 0 spiro atoms. The van der Waals surface area contributed by atoms with Crippen molar-refractivity contribution in [3.8, 4) is 0 Å². The zero-order valence-electron chi connectivity index (χ0n) is 9.29. The second-order valence-corrected chi connectivity index (χ2v) is 4.82. The van der Waals surface area contributed by atoms with E-state index in [-0.39, 0.29) is 11.2 Å². The summed E-state index contributed by atoms with van der Waals surface area (Å²) in [4.78, 5) is 11.4. The molecule has 0 radical (unpaired) electrons. The van der Waals surface area contributed by atoms with Crippen molar-refractivity contribution in [1.29, 1.82) is 0 Å². The van der Waals surface area contributed by atoms with Crippen LogP contribution in [0.4, 0.5) is 0 Å². The second kappa shape index (κ2) is 8.12. The van der Waals surface area contributed by atoms with Crippen LogP contribution >= 0.6 is 11.8 Å². The van der Waals surface area contributed by atoms with Gasteiger partial charge in [-0.3, -0.25) is 4.79 Å². The van der Waals surface area contributed by atoms with E-state index in [1.54, 1.807) is 11.8 Å². The molecule has 0 aliphatic rings. The Morgan fingerprint density at radius 3 is 2.57 bits per heavy atom. The highest BCUT2D eigenvalue weighted by atomic mass is 32.2. The van der Waals surface area contributed by atoms with E-state index in [1.165, 1.54) is 0 Å². The van der Waals surface area contributed by atoms with Gasteiger partial charge in [-0.2, -0.15) is 0 Å². The summed E-state index contributed by atoms with van der Waals surface area (Å²) >= 11 is 1.66. The van der Waals surface area contributed by atoms with Gasteiger partial charge in [0.1, 0.15) is 5.25 Å². The van der Waals surface area contributed by atoms with Gasteiger partial charge in [-0.25, -0.2) is 0 Å². The number of thioether (sulfide) groups is 1. The average molecular weight is 219 g/mol. The Hall–Kier alpha value is -0.220. The largest absolute Gasteiger partial charge is 0.465 e. The molecule has 0 bridgehead atoms. The van der Waals surface area contributed by atoms with E-state index >= 15 is 0 Å². The van der Waals surface area contributed by atoms with Crippen LogP contribution in [0.15, 0.2) is 0 Å². The lowest BCUT2D eigenvalue weighted by Gasteiger charge is -2.17. The summed E-state index contributed by atoms with van der Waals surface area (Å²) < 4.78 is 4.98. The van der Waals surface area contributed by atoms with E-state index in [9.17, 15) is 4.79 Å². The van der Waals surface area contributed by atoms with Crippen molar-refractivity contribution in [1.82, 2.24) is 0 Å². The van der Waals surface area contributed by atoms with E-state index in [4.69, 9.17) is 10.5 Å². The molecule has 0 saturated heterocycles. The molecule has 0 aromatic carbocycles. The standard InChI is InChI=1S/C10H21NO2S/c1-4-9(10(12)13-5-2)14-8(3)6-7-11/h8-9H,4-7,11H2,1-3H3. The quantitative estimate of drug-likeness (QED) is 0.663. The van der Waals surface area contributed by atoms with E-state index in [2.05, 4.69) is 6.92 Å². The Balaban J connectivity index is 3.94. The van der Waals surface area contributed by atoms with Crippen LogP contribution in [0, 0.1) is 0 Å².